The maximum absolute atomic E-state index is 13.2. The van der Waals surface area contributed by atoms with E-state index in [1.807, 2.05) is 24.3 Å². The molecule has 0 radical (unpaired) electrons. The second kappa shape index (κ2) is 7.15. The fraction of sp³-hybridized carbons (Fsp3) is 0.300. The highest BCUT2D eigenvalue weighted by Crippen LogP contribution is 2.33. The number of nitrogens with zero attached hydrogens (tertiary/aromatic N) is 3. The van der Waals surface area contributed by atoms with Gasteiger partial charge >= 0.3 is 0 Å². The first-order valence-corrected chi connectivity index (χ1v) is 8.36. The van der Waals surface area contributed by atoms with Crippen LogP contribution in [0.2, 0.25) is 0 Å². The van der Waals surface area contributed by atoms with E-state index in [9.17, 15) is 4.39 Å². The second-order valence-corrected chi connectivity index (χ2v) is 7.24. The van der Waals surface area contributed by atoms with Crippen LogP contribution < -0.4 is 5.32 Å². The Bertz CT molecular complexity index is 787. The Morgan fingerprint density at radius 1 is 1.04 bits per heavy atom. The molecule has 4 nitrogen and oxygen atoms in total. The van der Waals surface area contributed by atoms with Crippen molar-refractivity contribution in [1.29, 1.82) is 0 Å². The molecule has 0 saturated heterocycles. The molecule has 3 aromatic rings. The highest BCUT2D eigenvalue weighted by atomic mass is 19.1. The van der Waals surface area contributed by atoms with Crippen LogP contribution in [0.15, 0.2) is 61.2 Å². The van der Waals surface area contributed by atoms with Crippen molar-refractivity contribution in [1.82, 2.24) is 20.1 Å². The predicted octanol–water partition coefficient (Wildman–Crippen LogP) is 4.28. The van der Waals surface area contributed by atoms with Crippen LogP contribution in [0.25, 0.3) is 5.69 Å². The highest BCUT2D eigenvalue weighted by molar-refractivity contribution is 5.33. The van der Waals surface area contributed by atoms with Gasteiger partial charge in [0.15, 0.2) is 0 Å². The fourth-order valence-corrected chi connectivity index (χ4v) is 2.91. The van der Waals surface area contributed by atoms with Crippen LogP contribution in [0.1, 0.15) is 37.9 Å². The lowest BCUT2D eigenvalue weighted by molar-refractivity contribution is 0.271. The van der Waals surface area contributed by atoms with Gasteiger partial charge in [-0.2, -0.15) is 5.10 Å². The molecule has 0 aliphatic heterocycles. The molecule has 1 heterocycles. The molecular formula is C20H23FN4. The van der Waals surface area contributed by atoms with Gasteiger partial charge in [-0.05, 0) is 40.8 Å². The summed E-state index contributed by atoms with van der Waals surface area (Å²) in [6, 6.07) is 15.1. The van der Waals surface area contributed by atoms with E-state index in [1.54, 1.807) is 11.0 Å². The van der Waals surface area contributed by atoms with E-state index in [2.05, 4.69) is 48.3 Å². The molecule has 0 aliphatic carbocycles. The number of aromatic nitrogens is 3. The Labute approximate surface area is 147 Å². The fourth-order valence-electron chi connectivity index (χ4n) is 2.91. The number of nitrogens with one attached hydrogen (secondary N) is 1. The van der Waals surface area contributed by atoms with Crippen LogP contribution in [0.3, 0.4) is 0 Å². The summed E-state index contributed by atoms with van der Waals surface area (Å²) in [6.07, 6.45) is 3.20. The molecule has 25 heavy (non-hydrogen) atoms. The smallest absolute Gasteiger partial charge is 0.138 e. The van der Waals surface area contributed by atoms with Crippen LogP contribution in [0, 0.1) is 11.2 Å². The number of halogens is 1. The van der Waals surface area contributed by atoms with Gasteiger partial charge in [-0.1, -0.05) is 45.0 Å². The monoisotopic (exact) mass is 338 g/mol. The Balaban J connectivity index is 1.72. The minimum absolute atomic E-state index is 0.0124. The summed E-state index contributed by atoms with van der Waals surface area (Å²) in [5, 5.41) is 7.74. The van der Waals surface area contributed by atoms with E-state index < -0.39 is 0 Å². The molecule has 3 rings (SSSR count). The summed E-state index contributed by atoms with van der Waals surface area (Å²) in [6.45, 7) is 7.28. The molecule has 130 valence electrons. The average molecular weight is 338 g/mol. The molecule has 0 spiro atoms. The van der Waals surface area contributed by atoms with E-state index in [-0.39, 0.29) is 17.3 Å². The molecule has 1 N–H and O–H groups in total. The standard InChI is InChI=1S/C20H23FN4/c1-20(2,3)19(16-6-8-17(21)9-7-16)23-12-15-4-10-18(11-5-15)25-14-22-13-24-25/h4-11,13-14,19,23H,12H2,1-3H3. The van der Waals surface area contributed by atoms with Gasteiger partial charge in [0, 0.05) is 12.6 Å². The average Bonchev–Trinajstić information content (AvgIpc) is 3.11. The number of hydrogen-bond acceptors (Lipinski definition) is 3. The molecule has 1 unspecified atom stereocenters. The van der Waals surface area contributed by atoms with E-state index in [4.69, 9.17) is 0 Å². The lowest BCUT2D eigenvalue weighted by Gasteiger charge is -2.32. The lowest BCUT2D eigenvalue weighted by atomic mass is 9.82. The topological polar surface area (TPSA) is 42.7 Å². The molecule has 5 heteroatoms. The van der Waals surface area contributed by atoms with Crippen molar-refractivity contribution < 1.29 is 4.39 Å². The Kier molecular flexibility index (Phi) is 4.95. The van der Waals surface area contributed by atoms with Crippen molar-refractivity contribution in [3.63, 3.8) is 0 Å². The maximum atomic E-state index is 13.2. The van der Waals surface area contributed by atoms with Gasteiger partial charge in [0.25, 0.3) is 0 Å². The maximum Gasteiger partial charge on any atom is 0.138 e. The first-order chi connectivity index (χ1) is 11.9. The SMILES string of the molecule is CC(C)(C)C(NCc1ccc(-n2cncn2)cc1)c1ccc(F)cc1. The molecule has 0 aliphatic rings. The zero-order valence-corrected chi connectivity index (χ0v) is 14.8. The summed E-state index contributed by atoms with van der Waals surface area (Å²) in [4.78, 5) is 3.96. The summed E-state index contributed by atoms with van der Waals surface area (Å²) < 4.78 is 14.9. The Hall–Kier alpha value is -2.53. The zero-order chi connectivity index (χ0) is 17.9. The summed E-state index contributed by atoms with van der Waals surface area (Å²) in [5.41, 5.74) is 3.26. The van der Waals surface area contributed by atoms with Crippen LogP contribution in [-0.4, -0.2) is 14.8 Å². The minimum Gasteiger partial charge on any atom is -0.305 e. The Morgan fingerprint density at radius 2 is 1.72 bits per heavy atom. The molecule has 0 fully saturated rings. The van der Waals surface area contributed by atoms with Crippen LogP contribution in [0.4, 0.5) is 4.39 Å². The van der Waals surface area contributed by atoms with Crippen LogP contribution in [-0.2, 0) is 6.54 Å². The van der Waals surface area contributed by atoms with Gasteiger partial charge in [-0.3, -0.25) is 0 Å². The quantitative estimate of drug-likeness (QED) is 0.755. The van der Waals surface area contributed by atoms with E-state index in [1.165, 1.54) is 24.0 Å². The van der Waals surface area contributed by atoms with Gasteiger partial charge < -0.3 is 5.32 Å². The van der Waals surface area contributed by atoms with E-state index in [0.717, 1.165) is 17.8 Å². The van der Waals surface area contributed by atoms with Crippen molar-refractivity contribution in [2.75, 3.05) is 0 Å². The third-order valence-electron chi connectivity index (χ3n) is 4.20. The Morgan fingerprint density at radius 3 is 2.28 bits per heavy atom. The lowest BCUT2D eigenvalue weighted by Crippen LogP contribution is -2.32. The predicted molar refractivity (Wildman–Crippen MR) is 96.8 cm³/mol. The molecule has 0 bridgehead atoms. The molecule has 1 aromatic heterocycles. The number of benzene rings is 2. The van der Waals surface area contributed by atoms with Crippen molar-refractivity contribution in [2.24, 2.45) is 5.41 Å². The third-order valence-corrected chi connectivity index (χ3v) is 4.20. The van der Waals surface area contributed by atoms with Crippen molar-refractivity contribution in [3.8, 4) is 5.69 Å². The molecular weight excluding hydrogens is 315 g/mol. The number of hydrogen-bond donors (Lipinski definition) is 1. The number of rotatable bonds is 5. The molecule has 1 atom stereocenters. The zero-order valence-electron chi connectivity index (χ0n) is 14.8. The first-order valence-electron chi connectivity index (χ1n) is 8.36. The van der Waals surface area contributed by atoms with Crippen LogP contribution >= 0.6 is 0 Å². The molecule has 0 amide bonds. The largest absolute Gasteiger partial charge is 0.305 e. The van der Waals surface area contributed by atoms with Gasteiger partial charge in [0.1, 0.15) is 18.5 Å². The summed E-state index contributed by atoms with van der Waals surface area (Å²) in [5.74, 6) is -0.208. The van der Waals surface area contributed by atoms with Gasteiger partial charge in [-0.25, -0.2) is 14.1 Å². The van der Waals surface area contributed by atoms with Crippen molar-refractivity contribution in [2.45, 2.75) is 33.4 Å². The third kappa shape index (κ3) is 4.31. The highest BCUT2D eigenvalue weighted by Gasteiger charge is 2.25. The first kappa shape index (κ1) is 17.3. The van der Waals surface area contributed by atoms with Gasteiger partial charge in [0.2, 0.25) is 0 Å². The second-order valence-electron chi connectivity index (χ2n) is 7.24. The van der Waals surface area contributed by atoms with Gasteiger partial charge in [-0.15, -0.1) is 0 Å². The summed E-state index contributed by atoms with van der Waals surface area (Å²) in [7, 11) is 0. The minimum atomic E-state index is -0.208. The van der Waals surface area contributed by atoms with Crippen molar-refractivity contribution >= 4 is 0 Å². The normalized spacial score (nSPS) is 13.0. The molecule has 0 saturated carbocycles. The van der Waals surface area contributed by atoms with Crippen LogP contribution in [0.5, 0.6) is 0 Å². The van der Waals surface area contributed by atoms with Crippen molar-refractivity contribution in [3.05, 3.63) is 78.1 Å². The summed E-state index contributed by atoms with van der Waals surface area (Å²) >= 11 is 0. The molecule has 2 aromatic carbocycles. The van der Waals surface area contributed by atoms with E-state index in [0.29, 0.717) is 0 Å². The van der Waals surface area contributed by atoms with E-state index >= 15 is 0 Å². The van der Waals surface area contributed by atoms with Gasteiger partial charge in [0.05, 0.1) is 5.69 Å².